The molecule has 0 fully saturated rings. The molecule has 7 heteroatoms. The van der Waals surface area contributed by atoms with Crippen LogP contribution in [0.1, 0.15) is 31.9 Å². The van der Waals surface area contributed by atoms with Crippen molar-refractivity contribution in [3.63, 3.8) is 0 Å². The maximum atomic E-state index is 12.1. The van der Waals surface area contributed by atoms with Crippen molar-refractivity contribution in [2.45, 2.75) is 39.3 Å². The first kappa shape index (κ1) is 16.9. The van der Waals surface area contributed by atoms with Crippen LogP contribution in [-0.2, 0) is 22.5 Å². The Hall–Kier alpha value is -1.46. The van der Waals surface area contributed by atoms with Gasteiger partial charge in [-0.1, -0.05) is 23.2 Å². The molecule has 0 saturated heterocycles. The quantitative estimate of drug-likeness (QED) is 0.764. The van der Waals surface area contributed by atoms with Crippen LogP contribution in [0.4, 0.5) is 4.79 Å². The van der Waals surface area contributed by atoms with Gasteiger partial charge in [-0.2, -0.15) is 0 Å². The molecule has 120 valence electrons. The van der Waals surface area contributed by atoms with Gasteiger partial charge in [0, 0.05) is 13.1 Å². The molecule has 22 heavy (non-hydrogen) atoms. The van der Waals surface area contributed by atoms with E-state index in [1.165, 1.54) is 0 Å². The Labute approximate surface area is 139 Å². The van der Waals surface area contributed by atoms with Gasteiger partial charge in [0.1, 0.15) is 5.60 Å². The SMILES string of the molecule is CC(C)(C)OC(=O)N1CCc2c(cc(Cl)c(OC=O)c2Cl)C1. The van der Waals surface area contributed by atoms with Crippen LogP contribution in [0.2, 0.25) is 10.0 Å². The summed E-state index contributed by atoms with van der Waals surface area (Å²) in [4.78, 5) is 24.2. The van der Waals surface area contributed by atoms with E-state index in [0.717, 1.165) is 11.1 Å². The fraction of sp³-hybridized carbons (Fsp3) is 0.467. The second-order valence-electron chi connectivity index (χ2n) is 6.01. The van der Waals surface area contributed by atoms with E-state index in [0.29, 0.717) is 24.5 Å². The van der Waals surface area contributed by atoms with E-state index in [2.05, 4.69) is 0 Å². The minimum atomic E-state index is -0.547. The second kappa shape index (κ2) is 6.34. The zero-order valence-corrected chi connectivity index (χ0v) is 14.1. The number of hydrogen-bond acceptors (Lipinski definition) is 4. The van der Waals surface area contributed by atoms with E-state index in [4.69, 9.17) is 32.7 Å². The van der Waals surface area contributed by atoms with Crippen molar-refractivity contribution < 1.29 is 19.1 Å². The van der Waals surface area contributed by atoms with Crippen molar-refractivity contribution in [3.8, 4) is 5.75 Å². The van der Waals surface area contributed by atoms with Crippen molar-refractivity contribution >= 4 is 35.8 Å². The normalized spacial score (nSPS) is 14.3. The molecule has 1 amide bonds. The van der Waals surface area contributed by atoms with Crippen LogP contribution in [0.3, 0.4) is 0 Å². The molecule has 1 aromatic carbocycles. The van der Waals surface area contributed by atoms with Crippen LogP contribution in [0.5, 0.6) is 5.75 Å². The van der Waals surface area contributed by atoms with Gasteiger partial charge in [0.2, 0.25) is 0 Å². The second-order valence-corrected chi connectivity index (χ2v) is 6.79. The number of ether oxygens (including phenoxy) is 2. The highest BCUT2D eigenvalue weighted by Gasteiger charge is 2.28. The molecule has 0 bridgehead atoms. The number of carbonyl (C=O) groups is 2. The largest absolute Gasteiger partial charge is 0.444 e. The highest BCUT2D eigenvalue weighted by Crippen LogP contribution is 2.39. The molecule has 1 aliphatic rings. The van der Waals surface area contributed by atoms with Gasteiger partial charge in [0.05, 0.1) is 10.0 Å². The summed E-state index contributed by atoms with van der Waals surface area (Å²) >= 11 is 12.3. The van der Waals surface area contributed by atoms with Crippen LogP contribution in [0, 0.1) is 0 Å². The van der Waals surface area contributed by atoms with Crippen LogP contribution >= 0.6 is 23.2 Å². The Bertz CT molecular complexity index is 611. The summed E-state index contributed by atoms with van der Waals surface area (Å²) < 4.78 is 10.2. The lowest BCUT2D eigenvalue weighted by Gasteiger charge is -2.32. The van der Waals surface area contributed by atoms with E-state index in [-0.39, 0.29) is 23.3 Å². The van der Waals surface area contributed by atoms with Gasteiger partial charge in [0.25, 0.3) is 6.47 Å². The molecule has 2 rings (SSSR count). The average molecular weight is 346 g/mol. The molecule has 5 nitrogen and oxygen atoms in total. The summed E-state index contributed by atoms with van der Waals surface area (Å²) in [5.74, 6) is 0.155. The summed E-state index contributed by atoms with van der Waals surface area (Å²) in [6.45, 7) is 6.57. The van der Waals surface area contributed by atoms with Crippen molar-refractivity contribution in [2.24, 2.45) is 0 Å². The summed E-state index contributed by atoms with van der Waals surface area (Å²) in [7, 11) is 0. The fourth-order valence-corrected chi connectivity index (χ4v) is 2.95. The number of amides is 1. The van der Waals surface area contributed by atoms with E-state index in [1.807, 2.05) is 20.8 Å². The van der Waals surface area contributed by atoms with E-state index in [1.54, 1.807) is 11.0 Å². The summed E-state index contributed by atoms with van der Waals surface area (Å²) in [6, 6.07) is 1.66. The third-order valence-electron chi connectivity index (χ3n) is 3.18. The third kappa shape index (κ3) is 3.65. The molecular formula is C15H17Cl2NO4. The molecule has 0 radical (unpaired) electrons. The molecule has 1 aromatic rings. The molecule has 1 heterocycles. The van der Waals surface area contributed by atoms with Crippen molar-refractivity contribution in [1.82, 2.24) is 4.90 Å². The number of fused-ring (bicyclic) bond motifs is 1. The first-order chi connectivity index (χ1) is 10.2. The lowest BCUT2D eigenvalue weighted by Crippen LogP contribution is -2.40. The number of nitrogens with zero attached hydrogens (tertiary/aromatic N) is 1. The number of rotatable bonds is 2. The first-order valence-electron chi connectivity index (χ1n) is 6.81. The minimum Gasteiger partial charge on any atom is -0.444 e. The van der Waals surface area contributed by atoms with Crippen LogP contribution < -0.4 is 4.74 Å². The molecule has 0 saturated carbocycles. The summed E-state index contributed by atoms with van der Waals surface area (Å²) in [6.07, 6.45) is 0.165. The number of halogens is 2. The third-order valence-corrected chi connectivity index (χ3v) is 3.86. The Morgan fingerprint density at radius 2 is 2.05 bits per heavy atom. The number of carbonyl (C=O) groups excluding carboxylic acids is 2. The Balaban J connectivity index is 2.25. The molecular weight excluding hydrogens is 329 g/mol. The molecule has 0 N–H and O–H groups in total. The van der Waals surface area contributed by atoms with Crippen LogP contribution in [-0.4, -0.2) is 29.6 Å². The molecule has 0 unspecified atom stereocenters. The van der Waals surface area contributed by atoms with Crippen molar-refractivity contribution in [3.05, 3.63) is 27.2 Å². The maximum absolute atomic E-state index is 12.1. The van der Waals surface area contributed by atoms with Crippen LogP contribution in [0.25, 0.3) is 0 Å². The highest BCUT2D eigenvalue weighted by atomic mass is 35.5. The summed E-state index contributed by atoms with van der Waals surface area (Å²) in [5.41, 5.74) is 1.11. The predicted molar refractivity (Wildman–Crippen MR) is 83.5 cm³/mol. The Kier molecular flexibility index (Phi) is 4.87. The van der Waals surface area contributed by atoms with Crippen LogP contribution in [0.15, 0.2) is 6.07 Å². The fourth-order valence-electron chi connectivity index (χ4n) is 2.27. The lowest BCUT2D eigenvalue weighted by molar-refractivity contribution is -0.120. The van der Waals surface area contributed by atoms with Gasteiger partial charge < -0.3 is 14.4 Å². The van der Waals surface area contributed by atoms with Gasteiger partial charge in [0.15, 0.2) is 5.75 Å². The predicted octanol–water partition coefficient (Wildman–Crippen LogP) is 3.82. The topological polar surface area (TPSA) is 55.8 Å². The average Bonchev–Trinajstić information content (AvgIpc) is 2.41. The van der Waals surface area contributed by atoms with Crippen molar-refractivity contribution in [1.29, 1.82) is 0 Å². The molecule has 1 aliphatic heterocycles. The standard InChI is InChI=1S/C15H17Cl2NO4/c1-15(2,3)22-14(20)18-5-4-10-9(7-18)6-11(16)13(12(10)17)21-8-19/h6,8H,4-5,7H2,1-3H3. The van der Waals surface area contributed by atoms with Gasteiger partial charge in [-0.3, -0.25) is 4.79 Å². The maximum Gasteiger partial charge on any atom is 0.410 e. The number of benzene rings is 1. The minimum absolute atomic E-state index is 0.155. The summed E-state index contributed by atoms with van der Waals surface area (Å²) in [5, 5.41) is 0.556. The molecule has 0 atom stereocenters. The van der Waals surface area contributed by atoms with E-state index < -0.39 is 5.60 Å². The van der Waals surface area contributed by atoms with Gasteiger partial charge >= 0.3 is 6.09 Å². The van der Waals surface area contributed by atoms with Crippen molar-refractivity contribution in [2.75, 3.05) is 6.54 Å². The Morgan fingerprint density at radius 1 is 1.36 bits per heavy atom. The molecule has 0 spiro atoms. The zero-order chi connectivity index (χ0) is 16.5. The number of hydrogen-bond donors (Lipinski definition) is 0. The lowest BCUT2D eigenvalue weighted by atomic mass is 9.99. The van der Waals surface area contributed by atoms with Gasteiger partial charge in [-0.25, -0.2) is 4.79 Å². The highest BCUT2D eigenvalue weighted by molar-refractivity contribution is 6.38. The smallest absolute Gasteiger partial charge is 0.410 e. The van der Waals surface area contributed by atoms with Gasteiger partial charge in [-0.15, -0.1) is 0 Å². The Morgan fingerprint density at radius 3 is 2.64 bits per heavy atom. The van der Waals surface area contributed by atoms with E-state index in [9.17, 15) is 9.59 Å². The zero-order valence-electron chi connectivity index (χ0n) is 12.6. The monoisotopic (exact) mass is 345 g/mol. The molecule has 0 aliphatic carbocycles. The molecule has 0 aromatic heterocycles. The van der Waals surface area contributed by atoms with Gasteiger partial charge in [-0.05, 0) is 44.4 Å². The first-order valence-corrected chi connectivity index (χ1v) is 7.56. The van der Waals surface area contributed by atoms with E-state index >= 15 is 0 Å².